The summed E-state index contributed by atoms with van der Waals surface area (Å²) in [6, 6.07) is 0. The van der Waals surface area contributed by atoms with E-state index in [0.717, 1.165) is 0 Å². The first-order chi connectivity index (χ1) is 2.27. The number of alkyl halides is 1. The molecule has 32 valence electrons. The third-order valence-corrected chi connectivity index (χ3v) is 0.594. The molecule has 1 N–H and O–H groups in total. The zero-order chi connectivity index (χ0) is 4.28. The van der Waals surface area contributed by atoms with Gasteiger partial charge in [-0.3, -0.25) is 4.79 Å². The van der Waals surface area contributed by atoms with Crippen molar-refractivity contribution in [2.45, 2.75) is 0 Å². The van der Waals surface area contributed by atoms with Gasteiger partial charge in [0.05, 0.1) is 0 Å². The third-order valence-electron chi connectivity index (χ3n) is 0.114. The van der Waals surface area contributed by atoms with Crippen LogP contribution in [0.4, 0.5) is 0 Å². The molecule has 2 nitrogen and oxygen atoms in total. The summed E-state index contributed by atoms with van der Waals surface area (Å²) in [4.78, 5) is 9.32. The Hall–Kier alpha value is 0.885. The average molecular weight is 340 g/mol. The van der Waals surface area contributed by atoms with Gasteiger partial charge in [-0.1, -0.05) is 15.9 Å². The predicted octanol–water partition coefficient (Wildman–Crippen LogP) is 0.463. The van der Waals surface area contributed by atoms with Gasteiger partial charge in [-0.05, 0) is 0 Å². The minimum atomic E-state index is -0.829. The van der Waals surface area contributed by atoms with Crippen LogP contribution in [0.2, 0.25) is 0 Å². The van der Waals surface area contributed by atoms with E-state index in [1.807, 2.05) is 0 Å². The van der Waals surface area contributed by atoms with Crippen LogP contribution in [-0.2, 0) is 32.5 Å². The quantitative estimate of drug-likeness (QED) is 0.557. The van der Waals surface area contributed by atoms with E-state index in [4.69, 9.17) is 5.11 Å². The Balaban J connectivity index is 0. The summed E-state index contributed by atoms with van der Waals surface area (Å²) in [7, 11) is 0. The standard InChI is InChI=1S/C2H3BrO2.Hg/c3-1-2(4)5;/h1H2,(H,4,5);. The van der Waals surface area contributed by atoms with E-state index in [9.17, 15) is 4.79 Å². The zero-order valence-corrected chi connectivity index (χ0v) is 10.2. The number of carboxylic acids is 1. The van der Waals surface area contributed by atoms with Crippen LogP contribution in [0.25, 0.3) is 0 Å². The number of aliphatic carboxylic acids is 1. The Labute approximate surface area is 64.6 Å². The number of halogens is 1. The molecule has 0 aliphatic carbocycles. The molecule has 0 saturated heterocycles. The van der Waals surface area contributed by atoms with Crippen molar-refractivity contribution in [3.05, 3.63) is 0 Å². The molecule has 0 aromatic carbocycles. The van der Waals surface area contributed by atoms with Gasteiger partial charge < -0.3 is 5.11 Å². The monoisotopic (exact) mass is 340 g/mol. The molecule has 0 rings (SSSR count). The maximum Gasteiger partial charge on any atom is 0.314 e. The number of carboxylic acid groups (broad SMARTS) is 1. The summed E-state index contributed by atoms with van der Waals surface area (Å²) in [6.07, 6.45) is 0. The first kappa shape index (κ1) is 9.99. The Kier molecular flexibility index (Phi) is 9.80. The molecule has 0 fully saturated rings. The van der Waals surface area contributed by atoms with E-state index < -0.39 is 5.97 Å². The minimum Gasteiger partial charge on any atom is -0.481 e. The van der Waals surface area contributed by atoms with Gasteiger partial charge in [0, 0.05) is 27.7 Å². The zero-order valence-electron chi connectivity index (χ0n) is 3.15. The summed E-state index contributed by atoms with van der Waals surface area (Å²) < 4.78 is 0. The molecule has 0 heterocycles. The van der Waals surface area contributed by atoms with Crippen LogP contribution in [-0.4, -0.2) is 16.4 Å². The van der Waals surface area contributed by atoms with Crippen molar-refractivity contribution in [3.8, 4) is 0 Å². The fraction of sp³-hybridized carbons (Fsp3) is 0.500. The fourth-order valence-corrected chi connectivity index (χ4v) is 0. The topological polar surface area (TPSA) is 37.3 Å². The van der Waals surface area contributed by atoms with Gasteiger partial charge in [0.1, 0.15) is 5.33 Å². The second-order valence-corrected chi connectivity index (χ2v) is 1.09. The van der Waals surface area contributed by atoms with Gasteiger partial charge in [0.25, 0.3) is 0 Å². The van der Waals surface area contributed by atoms with E-state index in [1.165, 1.54) is 0 Å². The molecule has 4 heteroatoms. The van der Waals surface area contributed by atoms with Crippen molar-refractivity contribution in [2.24, 2.45) is 0 Å². The fourth-order valence-electron chi connectivity index (χ4n) is 0. The Morgan fingerprint density at radius 1 is 1.83 bits per heavy atom. The van der Waals surface area contributed by atoms with E-state index in [0.29, 0.717) is 0 Å². The van der Waals surface area contributed by atoms with Gasteiger partial charge in [-0.25, -0.2) is 0 Å². The Bertz CT molecular complexity index is 46.8. The van der Waals surface area contributed by atoms with Crippen molar-refractivity contribution in [1.82, 2.24) is 0 Å². The van der Waals surface area contributed by atoms with Crippen molar-refractivity contribution >= 4 is 21.9 Å². The molecule has 0 unspecified atom stereocenters. The summed E-state index contributed by atoms with van der Waals surface area (Å²) >= 11 is 2.71. The second-order valence-electron chi connectivity index (χ2n) is 0.527. The van der Waals surface area contributed by atoms with Crippen LogP contribution >= 0.6 is 15.9 Å². The summed E-state index contributed by atoms with van der Waals surface area (Å²) in [5.41, 5.74) is 0. The molecule has 0 radical (unpaired) electrons. The molecule has 0 aromatic rings. The Morgan fingerprint density at radius 3 is 2.00 bits per heavy atom. The number of rotatable bonds is 1. The van der Waals surface area contributed by atoms with Crippen molar-refractivity contribution < 1.29 is 37.6 Å². The Morgan fingerprint density at radius 2 is 2.00 bits per heavy atom. The number of hydrogen-bond donors (Lipinski definition) is 1. The van der Waals surface area contributed by atoms with E-state index in [-0.39, 0.29) is 33.0 Å². The van der Waals surface area contributed by atoms with E-state index in [1.54, 1.807) is 0 Å². The largest absolute Gasteiger partial charge is 0.481 e. The van der Waals surface area contributed by atoms with Crippen LogP contribution in [0, 0.1) is 0 Å². The molecule has 0 aromatic heterocycles. The molecule has 0 atom stereocenters. The smallest absolute Gasteiger partial charge is 0.314 e. The molecule has 0 bridgehead atoms. The van der Waals surface area contributed by atoms with Crippen LogP contribution in [0.5, 0.6) is 0 Å². The molecule has 0 aliphatic rings. The summed E-state index contributed by atoms with van der Waals surface area (Å²) in [5.74, 6) is -0.829. The molecular weight excluding hydrogens is 337 g/mol. The first-order valence-electron chi connectivity index (χ1n) is 1.05. The third kappa shape index (κ3) is 8.86. The van der Waals surface area contributed by atoms with Crippen LogP contribution in [0.1, 0.15) is 0 Å². The van der Waals surface area contributed by atoms with E-state index >= 15 is 0 Å². The maximum atomic E-state index is 9.32. The van der Waals surface area contributed by atoms with Gasteiger partial charge in [0.15, 0.2) is 0 Å². The van der Waals surface area contributed by atoms with Crippen LogP contribution in [0.15, 0.2) is 0 Å². The maximum absolute atomic E-state index is 9.32. The van der Waals surface area contributed by atoms with E-state index in [2.05, 4.69) is 15.9 Å². The minimum absolute atomic E-state index is 0. The summed E-state index contributed by atoms with van der Waals surface area (Å²) in [5, 5.41) is 7.71. The average Bonchev–Trinajstić information content (AvgIpc) is 1.38. The SMILES string of the molecule is O=C(O)CBr.[Hg]. The van der Waals surface area contributed by atoms with Crippen LogP contribution in [0.3, 0.4) is 0 Å². The van der Waals surface area contributed by atoms with Crippen molar-refractivity contribution in [2.75, 3.05) is 5.33 Å². The van der Waals surface area contributed by atoms with Crippen molar-refractivity contribution in [1.29, 1.82) is 0 Å². The normalized spacial score (nSPS) is 6.17. The molecule has 0 aliphatic heterocycles. The van der Waals surface area contributed by atoms with Gasteiger partial charge in [-0.15, -0.1) is 0 Å². The molecule has 0 amide bonds. The van der Waals surface area contributed by atoms with Crippen LogP contribution < -0.4 is 0 Å². The molecule has 0 saturated carbocycles. The van der Waals surface area contributed by atoms with Crippen molar-refractivity contribution in [3.63, 3.8) is 0 Å². The predicted molar refractivity (Wildman–Crippen MR) is 21.4 cm³/mol. The van der Waals surface area contributed by atoms with Gasteiger partial charge >= 0.3 is 5.97 Å². The molecule has 0 spiro atoms. The summed E-state index contributed by atoms with van der Waals surface area (Å²) in [6.45, 7) is 0. The van der Waals surface area contributed by atoms with Gasteiger partial charge in [-0.2, -0.15) is 0 Å². The number of carbonyl (C=O) groups is 1. The molecule has 6 heavy (non-hydrogen) atoms. The second kappa shape index (κ2) is 5.89. The molecular formula is C2H3BrHgO2. The van der Waals surface area contributed by atoms with Gasteiger partial charge in [0.2, 0.25) is 0 Å². The first-order valence-corrected chi connectivity index (χ1v) is 2.17. The number of hydrogen-bond acceptors (Lipinski definition) is 1.